The average Bonchev–Trinajstić information content (AvgIpc) is 2.91. The molecule has 3 rings (SSSR count). The van der Waals surface area contributed by atoms with Crippen molar-refractivity contribution in [1.29, 1.82) is 0 Å². The lowest BCUT2D eigenvalue weighted by Crippen LogP contribution is -2.60. The number of hydrogen-bond donors (Lipinski definition) is 0. The third kappa shape index (κ3) is 2.07. The molecule has 2 aliphatic heterocycles. The molecular formula is C13H18N2O3S. The summed E-state index contributed by atoms with van der Waals surface area (Å²) in [5, 5.41) is 3.84. The third-order valence-corrected chi connectivity index (χ3v) is 5.58. The maximum absolute atomic E-state index is 12.4. The van der Waals surface area contributed by atoms with Gasteiger partial charge in [0.25, 0.3) is 5.91 Å². The third-order valence-electron chi connectivity index (χ3n) is 4.00. The Hall–Kier alpha value is -1.01. The monoisotopic (exact) mass is 282 g/mol. The van der Waals surface area contributed by atoms with Crippen molar-refractivity contribution in [1.82, 2.24) is 10.1 Å². The number of likely N-dealkylation sites (tertiary alicyclic amines) is 1. The number of rotatable bonds is 2. The summed E-state index contributed by atoms with van der Waals surface area (Å²) in [4.78, 5) is 14.3. The molecule has 1 unspecified atom stereocenters. The molecular weight excluding hydrogens is 264 g/mol. The standard InChI is InChI=1S/C13H18N2O3S/c1-8-11(9(2)18-14-8)12(16)15-6-13(7-15)4-10(17-3)5-19-13/h10H,4-7H2,1-3H3. The van der Waals surface area contributed by atoms with E-state index in [0.29, 0.717) is 23.1 Å². The van der Waals surface area contributed by atoms with E-state index >= 15 is 0 Å². The summed E-state index contributed by atoms with van der Waals surface area (Å²) < 4.78 is 10.7. The molecule has 2 aliphatic rings. The molecule has 104 valence electrons. The quantitative estimate of drug-likeness (QED) is 0.825. The fourth-order valence-corrected chi connectivity index (χ4v) is 4.51. The number of carbonyl (C=O) groups excluding carboxylic acids is 1. The predicted molar refractivity (Wildman–Crippen MR) is 72.5 cm³/mol. The average molecular weight is 282 g/mol. The molecule has 3 heterocycles. The summed E-state index contributed by atoms with van der Waals surface area (Å²) in [5.74, 6) is 1.68. The van der Waals surface area contributed by atoms with Crippen LogP contribution in [0.3, 0.4) is 0 Å². The minimum atomic E-state index is 0.0448. The lowest BCUT2D eigenvalue weighted by atomic mass is 9.92. The molecule has 2 saturated heterocycles. The van der Waals surface area contributed by atoms with Gasteiger partial charge in [0.05, 0.1) is 16.5 Å². The smallest absolute Gasteiger partial charge is 0.259 e. The van der Waals surface area contributed by atoms with Crippen molar-refractivity contribution in [2.75, 3.05) is 26.0 Å². The SMILES string of the molecule is COC1CSC2(C1)CN(C(=O)c1c(C)noc1C)C2. The first-order valence-electron chi connectivity index (χ1n) is 6.43. The zero-order chi connectivity index (χ0) is 13.6. The van der Waals surface area contributed by atoms with E-state index in [4.69, 9.17) is 9.26 Å². The van der Waals surface area contributed by atoms with E-state index in [1.165, 1.54) is 0 Å². The summed E-state index contributed by atoms with van der Waals surface area (Å²) >= 11 is 1.93. The van der Waals surface area contributed by atoms with Crippen molar-refractivity contribution in [3.05, 3.63) is 17.0 Å². The zero-order valence-corrected chi connectivity index (χ0v) is 12.2. The van der Waals surface area contributed by atoms with Crippen LogP contribution in [0, 0.1) is 13.8 Å². The molecule has 5 nitrogen and oxygen atoms in total. The number of nitrogens with zero attached hydrogens (tertiary/aromatic N) is 2. The number of carbonyl (C=O) groups is 1. The van der Waals surface area contributed by atoms with Crippen LogP contribution in [0.4, 0.5) is 0 Å². The van der Waals surface area contributed by atoms with Crippen molar-refractivity contribution in [2.45, 2.75) is 31.1 Å². The number of aromatic nitrogens is 1. The Morgan fingerprint density at radius 2 is 2.26 bits per heavy atom. The fraction of sp³-hybridized carbons (Fsp3) is 0.692. The van der Waals surface area contributed by atoms with Crippen LogP contribution in [0.2, 0.25) is 0 Å². The van der Waals surface area contributed by atoms with Gasteiger partial charge in [-0.3, -0.25) is 4.79 Å². The molecule has 1 atom stereocenters. The highest BCUT2D eigenvalue weighted by Crippen LogP contribution is 2.46. The van der Waals surface area contributed by atoms with E-state index in [0.717, 1.165) is 25.3 Å². The molecule has 1 amide bonds. The van der Waals surface area contributed by atoms with Crippen molar-refractivity contribution < 1.29 is 14.1 Å². The van der Waals surface area contributed by atoms with Gasteiger partial charge in [0.1, 0.15) is 11.3 Å². The van der Waals surface area contributed by atoms with E-state index in [-0.39, 0.29) is 10.7 Å². The molecule has 2 fully saturated rings. The van der Waals surface area contributed by atoms with Gasteiger partial charge in [-0.05, 0) is 20.3 Å². The van der Waals surface area contributed by atoms with E-state index in [2.05, 4.69) is 5.16 Å². The highest BCUT2D eigenvalue weighted by Gasteiger charge is 2.51. The molecule has 1 spiro atoms. The summed E-state index contributed by atoms with van der Waals surface area (Å²) in [6.07, 6.45) is 1.38. The molecule has 0 aromatic carbocycles. The predicted octanol–water partition coefficient (Wildman–Crippen LogP) is 1.64. The summed E-state index contributed by atoms with van der Waals surface area (Å²) in [5.41, 5.74) is 1.30. The van der Waals surface area contributed by atoms with Gasteiger partial charge >= 0.3 is 0 Å². The number of aryl methyl sites for hydroxylation is 2. The molecule has 0 bridgehead atoms. The Balaban J connectivity index is 1.67. The topological polar surface area (TPSA) is 55.6 Å². The molecule has 19 heavy (non-hydrogen) atoms. The van der Waals surface area contributed by atoms with Crippen LogP contribution in [0.25, 0.3) is 0 Å². The normalized spacial score (nSPS) is 24.8. The van der Waals surface area contributed by atoms with E-state index in [1.807, 2.05) is 23.6 Å². The van der Waals surface area contributed by atoms with Crippen molar-refractivity contribution in [2.24, 2.45) is 0 Å². The Bertz CT molecular complexity index is 488. The van der Waals surface area contributed by atoms with E-state index in [9.17, 15) is 4.79 Å². The molecule has 0 radical (unpaired) electrons. The molecule has 0 aliphatic carbocycles. The molecule has 1 aromatic heterocycles. The second-order valence-electron chi connectivity index (χ2n) is 5.42. The first-order valence-corrected chi connectivity index (χ1v) is 7.42. The maximum Gasteiger partial charge on any atom is 0.259 e. The van der Waals surface area contributed by atoms with Crippen molar-refractivity contribution in [3.63, 3.8) is 0 Å². The van der Waals surface area contributed by atoms with Gasteiger partial charge in [-0.2, -0.15) is 0 Å². The minimum Gasteiger partial charge on any atom is -0.381 e. The van der Waals surface area contributed by atoms with Gasteiger partial charge in [0.2, 0.25) is 0 Å². The molecule has 6 heteroatoms. The van der Waals surface area contributed by atoms with Crippen LogP contribution in [0.15, 0.2) is 4.52 Å². The Labute approximate surface area is 116 Å². The Kier molecular flexibility index (Phi) is 3.09. The summed E-state index contributed by atoms with van der Waals surface area (Å²) in [6.45, 7) is 5.21. The first-order chi connectivity index (χ1) is 9.04. The lowest BCUT2D eigenvalue weighted by molar-refractivity contribution is 0.0449. The molecule has 1 aromatic rings. The second kappa shape index (κ2) is 4.52. The van der Waals surface area contributed by atoms with Gasteiger partial charge in [-0.1, -0.05) is 5.16 Å². The highest BCUT2D eigenvalue weighted by atomic mass is 32.2. The number of hydrogen-bond acceptors (Lipinski definition) is 5. The number of ether oxygens (including phenoxy) is 1. The van der Waals surface area contributed by atoms with Gasteiger partial charge < -0.3 is 14.2 Å². The van der Waals surface area contributed by atoms with E-state index in [1.54, 1.807) is 14.0 Å². The number of amides is 1. The lowest BCUT2D eigenvalue weighted by Gasteiger charge is -2.47. The van der Waals surface area contributed by atoms with Crippen LogP contribution in [-0.4, -0.2) is 52.8 Å². The van der Waals surface area contributed by atoms with Crippen LogP contribution in [-0.2, 0) is 4.74 Å². The number of thioether (sulfide) groups is 1. The van der Waals surface area contributed by atoms with Gasteiger partial charge in [0, 0.05) is 26.0 Å². The Morgan fingerprint density at radius 1 is 1.53 bits per heavy atom. The van der Waals surface area contributed by atoms with Gasteiger partial charge in [-0.15, -0.1) is 11.8 Å². The largest absolute Gasteiger partial charge is 0.381 e. The number of methoxy groups -OCH3 is 1. The maximum atomic E-state index is 12.4. The fourth-order valence-electron chi connectivity index (χ4n) is 2.91. The highest BCUT2D eigenvalue weighted by molar-refractivity contribution is 8.01. The summed E-state index contributed by atoms with van der Waals surface area (Å²) in [7, 11) is 1.76. The second-order valence-corrected chi connectivity index (χ2v) is 6.90. The molecule has 0 saturated carbocycles. The van der Waals surface area contributed by atoms with Crippen LogP contribution in [0.5, 0.6) is 0 Å². The Morgan fingerprint density at radius 3 is 2.79 bits per heavy atom. The first kappa shape index (κ1) is 13.0. The van der Waals surface area contributed by atoms with Gasteiger partial charge in [0.15, 0.2) is 0 Å². The van der Waals surface area contributed by atoms with Crippen LogP contribution in [0.1, 0.15) is 28.2 Å². The van der Waals surface area contributed by atoms with E-state index < -0.39 is 0 Å². The minimum absolute atomic E-state index is 0.0448. The molecule has 0 N–H and O–H groups in total. The van der Waals surface area contributed by atoms with Gasteiger partial charge in [-0.25, -0.2) is 0 Å². The zero-order valence-electron chi connectivity index (χ0n) is 11.4. The van der Waals surface area contributed by atoms with Crippen LogP contribution >= 0.6 is 11.8 Å². The van der Waals surface area contributed by atoms with Crippen molar-refractivity contribution >= 4 is 17.7 Å². The summed E-state index contributed by atoms with van der Waals surface area (Å²) in [6, 6.07) is 0. The van der Waals surface area contributed by atoms with Crippen LogP contribution < -0.4 is 0 Å². The van der Waals surface area contributed by atoms with Crippen molar-refractivity contribution in [3.8, 4) is 0 Å².